The Morgan fingerprint density at radius 2 is 2.06 bits per heavy atom. The number of ether oxygens (including phenoxy) is 1. The van der Waals surface area contributed by atoms with Gasteiger partial charge < -0.3 is 4.74 Å². The minimum Gasteiger partial charge on any atom is -0.493 e. The molecule has 0 atom stereocenters. The lowest BCUT2D eigenvalue weighted by Gasteiger charge is -2.05. The average Bonchev–Trinajstić information content (AvgIpc) is 2.31. The van der Waals surface area contributed by atoms with Crippen LogP contribution in [0.5, 0.6) is 5.75 Å². The van der Waals surface area contributed by atoms with Crippen molar-refractivity contribution < 1.29 is 9.53 Å². The van der Waals surface area contributed by atoms with Crippen LogP contribution in [-0.4, -0.2) is 12.4 Å². The molecular weight excluding hydrogens is 200 g/mol. The highest BCUT2D eigenvalue weighted by Gasteiger charge is 1.98. The number of carbonyl (C=O) groups excluding carboxylic acids is 1. The summed E-state index contributed by atoms with van der Waals surface area (Å²) in [5.74, 6) is 0.833. The normalized spacial score (nSPS) is 9.81. The van der Waals surface area contributed by atoms with Crippen LogP contribution in [-0.2, 0) is 11.2 Å². The largest absolute Gasteiger partial charge is 0.493 e. The molecule has 0 saturated carbocycles. The topological polar surface area (TPSA) is 26.3 Å². The van der Waals surface area contributed by atoms with Crippen molar-refractivity contribution in [3.8, 4) is 5.75 Å². The first kappa shape index (κ1) is 12.5. The van der Waals surface area contributed by atoms with Gasteiger partial charge in [-0.1, -0.05) is 32.1 Å². The van der Waals surface area contributed by atoms with E-state index in [0.29, 0.717) is 13.0 Å². The maximum atomic E-state index is 10.9. The highest BCUT2D eigenvalue weighted by Crippen LogP contribution is 2.13. The Hall–Kier alpha value is -1.57. The first-order chi connectivity index (χ1) is 7.76. The van der Waals surface area contributed by atoms with Crippen LogP contribution in [0.25, 0.3) is 0 Å². The van der Waals surface area contributed by atoms with E-state index in [2.05, 4.69) is 25.6 Å². The van der Waals surface area contributed by atoms with Gasteiger partial charge in [0, 0.05) is 6.42 Å². The van der Waals surface area contributed by atoms with Gasteiger partial charge in [0.15, 0.2) is 5.78 Å². The molecule has 1 aromatic rings. The quantitative estimate of drug-likeness (QED) is 0.657. The molecule has 0 aliphatic carbocycles. The van der Waals surface area contributed by atoms with E-state index in [1.807, 2.05) is 12.1 Å². The molecule has 0 amide bonds. The van der Waals surface area contributed by atoms with E-state index < -0.39 is 0 Å². The molecule has 0 unspecified atom stereocenters. The molecule has 0 fully saturated rings. The molecule has 2 heteroatoms. The number of aryl methyl sites for hydroxylation is 1. The van der Waals surface area contributed by atoms with E-state index in [0.717, 1.165) is 18.6 Å². The summed E-state index contributed by atoms with van der Waals surface area (Å²) >= 11 is 0. The van der Waals surface area contributed by atoms with Gasteiger partial charge in [0.2, 0.25) is 0 Å². The monoisotopic (exact) mass is 218 g/mol. The number of rotatable bonds is 7. The Morgan fingerprint density at radius 1 is 1.38 bits per heavy atom. The van der Waals surface area contributed by atoms with Gasteiger partial charge in [0.25, 0.3) is 0 Å². The van der Waals surface area contributed by atoms with Crippen LogP contribution in [0.15, 0.2) is 36.9 Å². The van der Waals surface area contributed by atoms with Crippen molar-refractivity contribution in [2.24, 2.45) is 0 Å². The highest BCUT2D eigenvalue weighted by molar-refractivity contribution is 5.89. The summed E-state index contributed by atoms with van der Waals surface area (Å²) < 4.78 is 5.44. The maximum absolute atomic E-state index is 10.9. The Bertz CT molecular complexity index is 338. The van der Waals surface area contributed by atoms with Crippen LogP contribution in [0, 0.1) is 0 Å². The lowest BCUT2D eigenvalue weighted by Crippen LogP contribution is -2.03. The molecule has 0 aromatic heterocycles. The standard InChI is InChI=1S/C14H18O2/c1-3-5-12-6-8-14(9-7-12)16-11-10-13(15)4-2/h4,6-9H,2-3,5,10-11H2,1H3. The number of benzene rings is 1. The fraction of sp³-hybridized carbons (Fsp3) is 0.357. The molecule has 16 heavy (non-hydrogen) atoms. The predicted molar refractivity (Wildman–Crippen MR) is 65.8 cm³/mol. The lowest BCUT2D eigenvalue weighted by molar-refractivity contribution is -0.115. The van der Waals surface area contributed by atoms with Crippen LogP contribution < -0.4 is 4.74 Å². The Labute approximate surface area is 96.9 Å². The van der Waals surface area contributed by atoms with Crippen molar-refractivity contribution in [3.63, 3.8) is 0 Å². The number of allylic oxidation sites excluding steroid dienone is 1. The van der Waals surface area contributed by atoms with E-state index in [9.17, 15) is 4.79 Å². The summed E-state index contributed by atoms with van der Waals surface area (Å²) in [5, 5.41) is 0. The van der Waals surface area contributed by atoms with Crippen molar-refractivity contribution in [3.05, 3.63) is 42.5 Å². The van der Waals surface area contributed by atoms with Gasteiger partial charge >= 0.3 is 0 Å². The Kier molecular flexibility index (Phi) is 5.34. The second-order valence-corrected chi connectivity index (χ2v) is 3.66. The molecule has 0 aliphatic heterocycles. The third-order valence-corrected chi connectivity index (χ3v) is 2.31. The zero-order valence-electron chi connectivity index (χ0n) is 9.74. The second-order valence-electron chi connectivity index (χ2n) is 3.66. The predicted octanol–water partition coefficient (Wildman–Crippen LogP) is 3.16. The molecular formula is C14H18O2. The van der Waals surface area contributed by atoms with Crippen molar-refractivity contribution in [2.45, 2.75) is 26.2 Å². The van der Waals surface area contributed by atoms with Gasteiger partial charge in [-0.3, -0.25) is 4.79 Å². The Balaban J connectivity index is 2.37. The van der Waals surface area contributed by atoms with E-state index in [1.54, 1.807) is 0 Å². The summed E-state index contributed by atoms with van der Waals surface area (Å²) in [6.07, 6.45) is 3.96. The Morgan fingerprint density at radius 3 is 2.62 bits per heavy atom. The maximum Gasteiger partial charge on any atom is 0.158 e. The first-order valence-corrected chi connectivity index (χ1v) is 5.63. The van der Waals surface area contributed by atoms with E-state index in [4.69, 9.17) is 4.74 Å². The molecule has 0 aliphatic rings. The molecule has 0 saturated heterocycles. The third kappa shape index (κ3) is 4.30. The van der Waals surface area contributed by atoms with Crippen molar-refractivity contribution >= 4 is 5.78 Å². The number of carbonyl (C=O) groups is 1. The van der Waals surface area contributed by atoms with Crippen molar-refractivity contribution in [2.75, 3.05) is 6.61 Å². The molecule has 0 bridgehead atoms. The minimum absolute atomic E-state index is 0.0163. The third-order valence-electron chi connectivity index (χ3n) is 2.31. The zero-order chi connectivity index (χ0) is 11.8. The van der Waals surface area contributed by atoms with Gasteiger partial charge in [-0.15, -0.1) is 0 Å². The summed E-state index contributed by atoms with van der Waals surface area (Å²) in [4.78, 5) is 10.9. The van der Waals surface area contributed by atoms with Gasteiger partial charge in [-0.2, -0.15) is 0 Å². The smallest absolute Gasteiger partial charge is 0.158 e. The molecule has 0 spiro atoms. The minimum atomic E-state index is 0.0163. The lowest BCUT2D eigenvalue weighted by atomic mass is 10.1. The molecule has 0 N–H and O–H groups in total. The van der Waals surface area contributed by atoms with Crippen LogP contribution in [0.4, 0.5) is 0 Å². The summed E-state index contributed by atoms with van der Waals surface area (Å²) in [6, 6.07) is 8.02. The van der Waals surface area contributed by atoms with Gasteiger partial charge in [0.1, 0.15) is 5.75 Å². The number of ketones is 1. The van der Waals surface area contributed by atoms with Gasteiger partial charge in [-0.05, 0) is 30.2 Å². The fourth-order valence-electron chi connectivity index (χ4n) is 1.41. The molecule has 86 valence electrons. The van der Waals surface area contributed by atoms with Crippen molar-refractivity contribution in [1.82, 2.24) is 0 Å². The summed E-state index contributed by atoms with van der Waals surface area (Å²) in [6.45, 7) is 5.99. The van der Waals surface area contributed by atoms with E-state index >= 15 is 0 Å². The van der Waals surface area contributed by atoms with Crippen LogP contribution >= 0.6 is 0 Å². The first-order valence-electron chi connectivity index (χ1n) is 5.63. The zero-order valence-corrected chi connectivity index (χ0v) is 9.74. The molecule has 0 radical (unpaired) electrons. The molecule has 1 aromatic carbocycles. The van der Waals surface area contributed by atoms with Gasteiger partial charge in [-0.25, -0.2) is 0 Å². The molecule has 2 nitrogen and oxygen atoms in total. The molecule has 1 rings (SSSR count). The number of hydrogen-bond acceptors (Lipinski definition) is 2. The average molecular weight is 218 g/mol. The van der Waals surface area contributed by atoms with Gasteiger partial charge in [0.05, 0.1) is 6.61 Å². The second kappa shape index (κ2) is 6.83. The van der Waals surface area contributed by atoms with Crippen LogP contribution in [0.1, 0.15) is 25.3 Å². The highest BCUT2D eigenvalue weighted by atomic mass is 16.5. The fourth-order valence-corrected chi connectivity index (χ4v) is 1.41. The summed E-state index contributed by atoms with van der Waals surface area (Å²) in [5.41, 5.74) is 1.32. The molecule has 0 heterocycles. The van der Waals surface area contributed by atoms with E-state index in [1.165, 1.54) is 11.6 Å². The van der Waals surface area contributed by atoms with Crippen LogP contribution in [0.3, 0.4) is 0 Å². The van der Waals surface area contributed by atoms with Crippen LogP contribution in [0.2, 0.25) is 0 Å². The van der Waals surface area contributed by atoms with Crippen molar-refractivity contribution in [1.29, 1.82) is 0 Å². The summed E-state index contributed by atoms with van der Waals surface area (Å²) in [7, 11) is 0. The van der Waals surface area contributed by atoms with E-state index in [-0.39, 0.29) is 5.78 Å². The number of hydrogen-bond donors (Lipinski definition) is 0. The SMILES string of the molecule is C=CC(=O)CCOc1ccc(CCC)cc1.